The SMILES string of the molecule is [Pt+2].[c-]1cccc2c1-c1nc3c(cc1CC2)CCc1cccnc1-3.[c-]1ccccc1. The molecule has 2 aromatic heterocycles. The molecule has 0 aliphatic heterocycles. The number of fused-ring (bicyclic) bond motifs is 6. The quantitative estimate of drug-likeness (QED) is 0.276. The fraction of sp³-hybridized carbons (Fsp3) is 0.154. The minimum atomic E-state index is 0. The first-order chi connectivity index (χ1) is 13.9. The Morgan fingerprint density at radius 1 is 0.655 bits per heavy atom. The maximum atomic E-state index is 5.04. The van der Waals surface area contributed by atoms with Crippen molar-refractivity contribution in [3.8, 4) is 22.6 Å². The second-order valence-corrected chi connectivity index (χ2v) is 7.16. The Morgan fingerprint density at radius 2 is 1.38 bits per heavy atom. The van der Waals surface area contributed by atoms with E-state index in [9.17, 15) is 0 Å². The first kappa shape index (κ1) is 19.7. The number of rotatable bonds is 0. The molecule has 0 N–H and O–H groups in total. The second kappa shape index (κ2) is 8.84. The predicted octanol–water partition coefficient (Wildman–Crippen LogP) is 5.29. The Labute approximate surface area is 186 Å². The molecule has 6 rings (SSSR count). The standard InChI is InChI=1S/C20H15N2.C6H5.Pt/c1-2-6-17-13(4-1)7-9-15-12-16-10-8-14-5-3-11-21-19(14)20(16)22-18(15)17;1-2-4-6-5-3-1;/h1-5,11-12H,7-10H2;1-5H;/q2*-1;+2. The molecule has 2 heterocycles. The summed E-state index contributed by atoms with van der Waals surface area (Å²) in [6, 6.07) is 28.7. The van der Waals surface area contributed by atoms with Gasteiger partial charge in [-0.3, -0.25) is 9.97 Å². The zero-order valence-corrected chi connectivity index (χ0v) is 18.2. The van der Waals surface area contributed by atoms with Crippen molar-refractivity contribution in [3.63, 3.8) is 0 Å². The van der Waals surface area contributed by atoms with Crippen molar-refractivity contribution >= 4 is 0 Å². The first-order valence-electron chi connectivity index (χ1n) is 9.78. The molecule has 144 valence electrons. The molecule has 3 heteroatoms. The van der Waals surface area contributed by atoms with E-state index in [0.717, 1.165) is 42.8 Å². The first-order valence-corrected chi connectivity index (χ1v) is 9.78. The Morgan fingerprint density at radius 3 is 2.14 bits per heavy atom. The summed E-state index contributed by atoms with van der Waals surface area (Å²) >= 11 is 0. The molecule has 0 amide bonds. The van der Waals surface area contributed by atoms with E-state index in [1.807, 2.05) is 48.7 Å². The van der Waals surface area contributed by atoms with Crippen molar-refractivity contribution in [1.29, 1.82) is 0 Å². The van der Waals surface area contributed by atoms with Gasteiger partial charge in [0.1, 0.15) is 0 Å². The van der Waals surface area contributed by atoms with Gasteiger partial charge in [0.25, 0.3) is 0 Å². The van der Waals surface area contributed by atoms with E-state index in [0.29, 0.717) is 0 Å². The van der Waals surface area contributed by atoms with Gasteiger partial charge in [0.2, 0.25) is 0 Å². The van der Waals surface area contributed by atoms with E-state index in [-0.39, 0.29) is 21.1 Å². The number of hydrogen-bond acceptors (Lipinski definition) is 2. The summed E-state index contributed by atoms with van der Waals surface area (Å²) in [5.74, 6) is 0. The number of aryl methyl sites for hydroxylation is 4. The molecule has 2 aliphatic rings. The van der Waals surface area contributed by atoms with Crippen LogP contribution in [-0.4, -0.2) is 9.97 Å². The molecule has 2 nitrogen and oxygen atoms in total. The molecule has 0 spiro atoms. The summed E-state index contributed by atoms with van der Waals surface area (Å²) in [5.41, 5.74) is 9.82. The molecule has 0 atom stereocenters. The van der Waals surface area contributed by atoms with Crippen LogP contribution in [0.5, 0.6) is 0 Å². The maximum Gasteiger partial charge on any atom is 2.00 e. The van der Waals surface area contributed by atoms with Crippen LogP contribution in [0.2, 0.25) is 0 Å². The van der Waals surface area contributed by atoms with Crippen LogP contribution in [0, 0.1) is 12.1 Å². The third kappa shape index (κ3) is 3.95. The Bertz CT molecular complexity index is 1030. The fourth-order valence-electron chi connectivity index (χ4n) is 4.04. The van der Waals surface area contributed by atoms with Crippen molar-refractivity contribution in [2.24, 2.45) is 0 Å². The van der Waals surface area contributed by atoms with Crippen molar-refractivity contribution < 1.29 is 21.1 Å². The molecule has 0 radical (unpaired) electrons. The number of hydrogen-bond donors (Lipinski definition) is 0. The smallest absolute Gasteiger partial charge is 0.294 e. The minimum absolute atomic E-state index is 0. The monoisotopic (exact) mass is 555 g/mol. The van der Waals surface area contributed by atoms with Gasteiger partial charge in [-0.25, -0.2) is 0 Å². The van der Waals surface area contributed by atoms with Gasteiger partial charge >= 0.3 is 21.1 Å². The van der Waals surface area contributed by atoms with Crippen LogP contribution in [0.4, 0.5) is 0 Å². The normalized spacial score (nSPS) is 12.7. The Hall–Kier alpha value is -2.57. The van der Waals surface area contributed by atoms with Crippen LogP contribution in [0.25, 0.3) is 22.6 Å². The molecule has 29 heavy (non-hydrogen) atoms. The minimum Gasteiger partial charge on any atom is -0.294 e. The predicted molar refractivity (Wildman–Crippen MR) is 112 cm³/mol. The zero-order valence-electron chi connectivity index (χ0n) is 16.0. The van der Waals surface area contributed by atoms with Gasteiger partial charge in [-0.15, -0.1) is 35.4 Å². The Kier molecular flexibility index (Phi) is 6.02. The summed E-state index contributed by atoms with van der Waals surface area (Å²) in [6.07, 6.45) is 6.18. The summed E-state index contributed by atoms with van der Waals surface area (Å²) in [7, 11) is 0. The summed E-state index contributed by atoms with van der Waals surface area (Å²) in [5, 5.41) is 0. The van der Waals surface area contributed by atoms with E-state index < -0.39 is 0 Å². The average Bonchev–Trinajstić information content (AvgIpc) is 2.79. The maximum absolute atomic E-state index is 5.04. The van der Waals surface area contributed by atoms with E-state index in [2.05, 4.69) is 41.4 Å². The molecule has 4 aromatic rings. The van der Waals surface area contributed by atoms with Crippen molar-refractivity contribution in [2.45, 2.75) is 25.7 Å². The average molecular weight is 556 g/mol. The molecule has 0 unspecified atom stereocenters. The molecule has 0 saturated heterocycles. The largest absolute Gasteiger partial charge is 2.00 e. The summed E-state index contributed by atoms with van der Waals surface area (Å²) in [4.78, 5) is 9.64. The van der Waals surface area contributed by atoms with Gasteiger partial charge in [-0.2, -0.15) is 36.4 Å². The van der Waals surface area contributed by atoms with Crippen LogP contribution >= 0.6 is 0 Å². The van der Waals surface area contributed by atoms with Crippen LogP contribution in [-0.2, 0) is 46.7 Å². The number of aromatic nitrogens is 2. The van der Waals surface area contributed by atoms with Crippen LogP contribution in [0.1, 0.15) is 22.3 Å². The molecular formula is C26H20N2Pt. The van der Waals surface area contributed by atoms with E-state index in [1.54, 1.807) is 0 Å². The third-order valence-electron chi connectivity index (χ3n) is 5.41. The van der Waals surface area contributed by atoms with Gasteiger partial charge in [0.05, 0.1) is 11.4 Å². The van der Waals surface area contributed by atoms with Crippen LogP contribution in [0.3, 0.4) is 0 Å². The number of benzene rings is 2. The summed E-state index contributed by atoms with van der Waals surface area (Å²) < 4.78 is 0. The molecule has 2 aromatic carbocycles. The summed E-state index contributed by atoms with van der Waals surface area (Å²) in [6.45, 7) is 0. The third-order valence-corrected chi connectivity index (χ3v) is 5.41. The number of nitrogens with zero attached hydrogens (tertiary/aromatic N) is 2. The van der Waals surface area contributed by atoms with E-state index in [4.69, 9.17) is 4.98 Å². The van der Waals surface area contributed by atoms with Crippen molar-refractivity contribution in [3.05, 3.63) is 107 Å². The topological polar surface area (TPSA) is 25.8 Å². The van der Waals surface area contributed by atoms with Gasteiger partial charge < -0.3 is 0 Å². The molecule has 0 fully saturated rings. The van der Waals surface area contributed by atoms with Crippen molar-refractivity contribution in [2.75, 3.05) is 0 Å². The van der Waals surface area contributed by atoms with E-state index >= 15 is 0 Å². The molecule has 0 bridgehead atoms. The zero-order chi connectivity index (χ0) is 18.8. The molecule has 0 saturated carbocycles. The van der Waals surface area contributed by atoms with Crippen LogP contribution in [0.15, 0.2) is 72.9 Å². The van der Waals surface area contributed by atoms with E-state index in [1.165, 1.54) is 27.8 Å². The van der Waals surface area contributed by atoms with Gasteiger partial charge in [0.15, 0.2) is 0 Å². The van der Waals surface area contributed by atoms with Gasteiger partial charge in [0, 0.05) is 6.20 Å². The second-order valence-electron chi connectivity index (χ2n) is 7.16. The number of pyridine rings is 2. The van der Waals surface area contributed by atoms with Crippen LogP contribution < -0.4 is 0 Å². The van der Waals surface area contributed by atoms with Gasteiger partial charge in [-0.1, -0.05) is 24.1 Å². The van der Waals surface area contributed by atoms with Crippen molar-refractivity contribution in [1.82, 2.24) is 9.97 Å². The Balaban J connectivity index is 0.000000254. The molecular weight excluding hydrogens is 535 g/mol. The fourth-order valence-corrected chi connectivity index (χ4v) is 4.04. The molecule has 2 aliphatic carbocycles. The van der Waals surface area contributed by atoms with Gasteiger partial charge in [-0.05, 0) is 42.1 Å².